The maximum absolute atomic E-state index is 12.6. The minimum atomic E-state index is -4.55. The van der Waals surface area contributed by atoms with Crippen molar-refractivity contribution in [2.24, 2.45) is 0 Å². The molecule has 0 radical (unpaired) electrons. The van der Waals surface area contributed by atoms with Gasteiger partial charge in [0.15, 0.2) is 11.9 Å². The van der Waals surface area contributed by atoms with Crippen LogP contribution in [0.2, 0.25) is 5.02 Å². The molecular weight excluding hydrogens is 387 g/mol. The standard InChI is InChI=1S/C18H15ClF3NO4/c1-10(24)7-16(25)11(2)26-13-3-5-14(6-4-13)27-17-15(19)8-12(9-23-17)18(20,21)22/h3-6,8-9,11H,7H2,1-2H3. The van der Waals surface area contributed by atoms with Gasteiger partial charge >= 0.3 is 6.18 Å². The Bertz CT molecular complexity index is 837. The molecule has 0 aliphatic rings. The Kier molecular flexibility index (Phi) is 6.43. The van der Waals surface area contributed by atoms with Crippen molar-refractivity contribution in [3.63, 3.8) is 0 Å². The van der Waals surface area contributed by atoms with E-state index in [1.165, 1.54) is 38.1 Å². The maximum Gasteiger partial charge on any atom is 0.417 e. The summed E-state index contributed by atoms with van der Waals surface area (Å²) in [6, 6.07) is 6.69. The van der Waals surface area contributed by atoms with E-state index in [0.717, 1.165) is 6.07 Å². The molecule has 0 bridgehead atoms. The monoisotopic (exact) mass is 401 g/mol. The smallest absolute Gasteiger partial charge is 0.417 e. The highest BCUT2D eigenvalue weighted by Gasteiger charge is 2.31. The fourth-order valence-corrected chi connectivity index (χ4v) is 2.22. The summed E-state index contributed by atoms with van der Waals surface area (Å²) in [5.74, 6) is -0.149. The zero-order valence-corrected chi connectivity index (χ0v) is 15.1. The molecule has 1 heterocycles. The highest BCUT2D eigenvalue weighted by Crippen LogP contribution is 2.34. The van der Waals surface area contributed by atoms with Gasteiger partial charge in [-0.2, -0.15) is 13.2 Å². The van der Waals surface area contributed by atoms with Crippen molar-refractivity contribution >= 4 is 23.2 Å². The van der Waals surface area contributed by atoms with Gasteiger partial charge in [0, 0.05) is 6.20 Å². The molecule has 0 aliphatic carbocycles. The summed E-state index contributed by atoms with van der Waals surface area (Å²) in [4.78, 5) is 26.3. The molecule has 5 nitrogen and oxygen atoms in total. The van der Waals surface area contributed by atoms with Crippen molar-refractivity contribution in [2.75, 3.05) is 0 Å². The summed E-state index contributed by atoms with van der Waals surface area (Å²) < 4.78 is 48.6. The van der Waals surface area contributed by atoms with Gasteiger partial charge in [-0.3, -0.25) is 9.59 Å². The summed E-state index contributed by atoms with van der Waals surface area (Å²) in [6.07, 6.45) is -4.93. The van der Waals surface area contributed by atoms with Crippen molar-refractivity contribution in [2.45, 2.75) is 32.5 Å². The molecule has 2 rings (SSSR count). The first-order chi connectivity index (χ1) is 12.6. The topological polar surface area (TPSA) is 65.5 Å². The zero-order chi connectivity index (χ0) is 20.2. The summed E-state index contributed by atoms with van der Waals surface area (Å²) in [7, 11) is 0. The van der Waals surface area contributed by atoms with E-state index in [1.807, 2.05) is 0 Å². The van der Waals surface area contributed by atoms with Crippen molar-refractivity contribution in [3.05, 3.63) is 47.1 Å². The molecule has 0 spiro atoms. The van der Waals surface area contributed by atoms with E-state index in [0.29, 0.717) is 11.9 Å². The van der Waals surface area contributed by atoms with E-state index < -0.39 is 17.8 Å². The molecular formula is C18H15ClF3NO4. The van der Waals surface area contributed by atoms with E-state index >= 15 is 0 Å². The number of hydrogen-bond donors (Lipinski definition) is 0. The van der Waals surface area contributed by atoms with E-state index in [4.69, 9.17) is 21.1 Å². The highest BCUT2D eigenvalue weighted by atomic mass is 35.5. The Balaban J connectivity index is 2.04. The van der Waals surface area contributed by atoms with E-state index in [2.05, 4.69) is 4.98 Å². The van der Waals surface area contributed by atoms with Crippen LogP contribution in [0.3, 0.4) is 0 Å². The first-order valence-electron chi connectivity index (χ1n) is 7.75. The minimum Gasteiger partial charge on any atom is -0.483 e. The lowest BCUT2D eigenvalue weighted by Crippen LogP contribution is -2.25. The molecule has 1 aromatic carbocycles. The third kappa shape index (κ3) is 5.96. The number of nitrogens with zero attached hydrogens (tertiary/aromatic N) is 1. The number of aromatic nitrogens is 1. The molecule has 0 amide bonds. The molecule has 1 aromatic heterocycles. The number of carbonyl (C=O) groups is 2. The summed E-state index contributed by atoms with van der Waals surface area (Å²) in [6.45, 7) is 2.85. The molecule has 9 heteroatoms. The number of ketones is 2. The van der Waals surface area contributed by atoms with Gasteiger partial charge in [-0.25, -0.2) is 4.98 Å². The number of carbonyl (C=O) groups excluding carboxylic acids is 2. The van der Waals surface area contributed by atoms with Crippen LogP contribution in [0.1, 0.15) is 25.8 Å². The van der Waals surface area contributed by atoms with Gasteiger partial charge in [0.25, 0.3) is 0 Å². The Morgan fingerprint density at radius 1 is 1.19 bits per heavy atom. The number of pyridine rings is 1. The molecule has 27 heavy (non-hydrogen) atoms. The van der Waals surface area contributed by atoms with Gasteiger partial charge in [0.2, 0.25) is 5.88 Å². The van der Waals surface area contributed by atoms with Gasteiger partial charge < -0.3 is 9.47 Å². The summed E-state index contributed by atoms with van der Waals surface area (Å²) >= 11 is 5.78. The first-order valence-corrected chi connectivity index (χ1v) is 8.13. The Labute approximate surface area is 158 Å². The molecule has 2 aromatic rings. The Hall–Kier alpha value is -2.61. The van der Waals surface area contributed by atoms with Crippen LogP contribution in [-0.4, -0.2) is 22.7 Å². The van der Waals surface area contributed by atoms with Crippen LogP contribution in [0.4, 0.5) is 13.2 Å². The molecule has 0 fully saturated rings. The van der Waals surface area contributed by atoms with Crippen LogP contribution in [-0.2, 0) is 15.8 Å². The molecule has 144 valence electrons. The minimum absolute atomic E-state index is 0.177. The predicted molar refractivity (Wildman–Crippen MR) is 91.2 cm³/mol. The number of benzene rings is 1. The lowest BCUT2D eigenvalue weighted by molar-refractivity contribution is -0.138. The van der Waals surface area contributed by atoms with Crippen molar-refractivity contribution in [1.29, 1.82) is 0 Å². The number of rotatable bonds is 7. The van der Waals surface area contributed by atoms with Gasteiger partial charge in [0.1, 0.15) is 22.3 Å². The largest absolute Gasteiger partial charge is 0.483 e. The summed E-state index contributed by atoms with van der Waals surface area (Å²) in [5, 5.41) is -0.284. The number of ether oxygens (including phenoxy) is 2. The lowest BCUT2D eigenvalue weighted by Gasteiger charge is -2.14. The Morgan fingerprint density at radius 3 is 2.30 bits per heavy atom. The molecule has 1 atom stereocenters. The van der Waals surface area contributed by atoms with Crippen LogP contribution >= 0.6 is 11.6 Å². The maximum atomic E-state index is 12.6. The second-order valence-electron chi connectivity index (χ2n) is 5.69. The Morgan fingerprint density at radius 2 is 1.78 bits per heavy atom. The van der Waals surface area contributed by atoms with Crippen molar-refractivity contribution in [1.82, 2.24) is 4.98 Å². The van der Waals surface area contributed by atoms with Gasteiger partial charge in [-0.15, -0.1) is 0 Å². The quantitative estimate of drug-likeness (QED) is 0.620. The molecule has 0 saturated carbocycles. The molecule has 0 N–H and O–H groups in total. The van der Waals surface area contributed by atoms with Crippen LogP contribution in [0.5, 0.6) is 17.4 Å². The van der Waals surface area contributed by atoms with Gasteiger partial charge in [-0.1, -0.05) is 11.6 Å². The SMILES string of the molecule is CC(=O)CC(=O)C(C)Oc1ccc(Oc2ncc(C(F)(F)F)cc2Cl)cc1. The van der Waals surface area contributed by atoms with Crippen LogP contribution in [0.15, 0.2) is 36.5 Å². The van der Waals surface area contributed by atoms with E-state index in [-0.39, 0.29) is 34.6 Å². The average molecular weight is 402 g/mol. The average Bonchev–Trinajstić information content (AvgIpc) is 2.56. The van der Waals surface area contributed by atoms with Gasteiger partial charge in [0.05, 0.1) is 12.0 Å². The third-order valence-corrected chi connectivity index (χ3v) is 3.63. The van der Waals surface area contributed by atoms with Crippen LogP contribution in [0, 0.1) is 0 Å². The molecule has 0 aliphatic heterocycles. The predicted octanol–water partition coefficient (Wildman–Crippen LogP) is 4.86. The van der Waals surface area contributed by atoms with Crippen LogP contribution in [0.25, 0.3) is 0 Å². The third-order valence-electron chi connectivity index (χ3n) is 3.36. The summed E-state index contributed by atoms with van der Waals surface area (Å²) in [5.41, 5.74) is -0.979. The number of Topliss-reactive ketones (excluding diaryl/α,β-unsaturated/α-hetero) is 2. The molecule has 1 unspecified atom stereocenters. The second kappa shape index (κ2) is 8.39. The lowest BCUT2D eigenvalue weighted by atomic mass is 10.1. The molecule has 0 saturated heterocycles. The number of hydrogen-bond acceptors (Lipinski definition) is 5. The van der Waals surface area contributed by atoms with Crippen molar-refractivity contribution < 1.29 is 32.2 Å². The first kappa shape index (κ1) is 20.7. The fourth-order valence-electron chi connectivity index (χ4n) is 2.01. The number of alkyl halides is 3. The number of halogens is 4. The fraction of sp³-hybridized carbons (Fsp3) is 0.278. The van der Waals surface area contributed by atoms with Crippen molar-refractivity contribution in [3.8, 4) is 17.4 Å². The van der Waals surface area contributed by atoms with E-state index in [9.17, 15) is 22.8 Å². The van der Waals surface area contributed by atoms with Crippen LogP contribution < -0.4 is 9.47 Å². The van der Waals surface area contributed by atoms with E-state index in [1.54, 1.807) is 0 Å². The second-order valence-corrected chi connectivity index (χ2v) is 6.09. The zero-order valence-electron chi connectivity index (χ0n) is 14.3. The van der Waals surface area contributed by atoms with Gasteiger partial charge in [-0.05, 0) is 44.2 Å². The highest BCUT2D eigenvalue weighted by molar-refractivity contribution is 6.31. The normalized spacial score (nSPS) is 12.4.